The van der Waals surface area contributed by atoms with Crippen molar-refractivity contribution in [3.05, 3.63) is 52.7 Å². The Labute approximate surface area is 151 Å². The lowest BCUT2D eigenvalue weighted by atomic mass is 9.76. The zero-order valence-electron chi connectivity index (χ0n) is 14.3. The molecule has 0 amide bonds. The van der Waals surface area contributed by atoms with Gasteiger partial charge >= 0.3 is 5.97 Å². The Morgan fingerprint density at radius 1 is 1.28 bits per heavy atom. The number of benzene rings is 1. The van der Waals surface area contributed by atoms with Gasteiger partial charge in [-0.05, 0) is 31.5 Å². The van der Waals surface area contributed by atoms with Gasteiger partial charge in [-0.2, -0.15) is 0 Å². The van der Waals surface area contributed by atoms with E-state index in [2.05, 4.69) is 9.98 Å². The van der Waals surface area contributed by atoms with Crippen LogP contribution < -0.4 is 4.74 Å². The quantitative estimate of drug-likeness (QED) is 0.770. The van der Waals surface area contributed by atoms with E-state index in [1.165, 1.54) is 0 Å². The summed E-state index contributed by atoms with van der Waals surface area (Å²) in [6.07, 6.45) is 1.64. The van der Waals surface area contributed by atoms with E-state index in [1.54, 1.807) is 20.2 Å². The van der Waals surface area contributed by atoms with Crippen LogP contribution in [0, 0.1) is 5.92 Å². The van der Waals surface area contributed by atoms with Gasteiger partial charge in [-0.3, -0.25) is 9.79 Å². The fourth-order valence-corrected chi connectivity index (χ4v) is 3.52. The van der Waals surface area contributed by atoms with Crippen LogP contribution in [0.25, 0.3) is 0 Å². The van der Waals surface area contributed by atoms with Gasteiger partial charge in [0.15, 0.2) is 0 Å². The number of rotatable bonds is 4. The van der Waals surface area contributed by atoms with Crippen molar-refractivity contribution in [2.24, 2.45) is 10.9 Å². The molecule has 6 heteroatoms. The summed E-state index contributed by atoms with van der Waals surface area (Å²) < 4.78 is 10.8. The van der Waals surface area contributed by atoms with Crippen molar-refractivity contribution < 1.29 is 14.3 Å². The van der Waals surface area contributed by atoms with E-state index >= 15 is 0 Å². The summed E-state index contributed by atoms with van der Waals surface area (Å²) in [6.45, 7) is 3.92. The Morgan fingerprint density at radius 2 is 2.04 bits per heavy atom. The maximum Gasteiger partial charge on any atom is 0.315 e. The van der Waals surface area contributed by atoms with Gasteiger partial charge in [0.2, 0.25) is 5.88 Å². The number of esters is 1. The number of pyridine rings is 1. The predicted molar refractivity (Wildman–Crippen MR) is 97.0 cm³/mol. The van der Waals surface area contributed by atoms with Crippen molar-refractivity contribution in [3.8, 4) is 5.88 Å². The number of halogens is 1. The third-order valence-corrected chi connectivity index (χ3v) is 4.64. The van der Waals surface area contributed by atoms with Crippen molar-refractivity contribution in [1.29, 1.82) is 0 Å². The molecule has 0 N–H and O–H groups in total. The number of aliphatic imine (C=N–C) groups is 1. The topological polar surface area (TPSA) is 60.8 Å². The van der Waals surface area contributed by atoms with Crippen molar-refractivity contribution in [2.75, 3.05) is 13.7 Å². The summed E-state index contributed by atoms with van der Waals surface area (Å²) in [6, 6.07) is 9.28. The molecule has 1 aromatic heterocycles. The molecule has 0 saturated heterocycles. The lowest BCUT2D eigenvalue weighted by Crippen LogP contribution is -2.33. The molecule has 2 aromatic rings. The Hall–Kier alpha value is -2.40. The van der Waals surface area contributed by atoms with Gasteiger partial charge in [0, 0.05) is 28.4 Å². The highest BCUT2D eigenvalue weighted by molar-refractivity contribution is 6.31. The van der Waals surface area contributed by atoms with Crippen molar-refractivity contribution in [3.63, 3.8) is 0 Å². The summed E-state index contributed by atoms with van der Waals surface area (Å²) in [5, 5.41) is 0.577. The average molecular weight is 359 g/mol. The van der Waals surface area contributed by atoms with Crippen LogP contribution in [-0.2, 0) is 9.53 Å². The number of aromatic nitrogens is 1. The summed E-state index contributed by atoms with van der Waals surface area (Å²) in [5.41, 5.74) is 2.99. The molecule has 2 heterocycles. The molecule has 1 aliphatic rings. The normalized spacial score (nSPS) is 19.0. The fraction of sp³-hybridized carbons (Fsp3) is 0.316. The number of carbonyl (C=O) groups is 1. The molecule has 2 unspecified atom stereocenters. The third-order valence-electron chi connectivity index (χ3n) is 4.30. The molecule has 0 spiro atoms. The van der Waals surface area contributed by atoms with E-state index in [9.17, 15) is 4.79 Å². The molecule has 0 radical (unpaired) electrons. The Balaban J connectivity index is 2.26. The van der Waals surface area contributed by atoms with E-state index in [-0.39, 0.29) is 11.9 Å². The Kier molecular flexibility index (Phi) is 5.04. The second kappa shape index (κ2) is 7.23. The number of hydrogen-bond acceptors (Lipinski definition) is 5. The minimum atomic E-state index is -0.578. The molecule has 25 heavy (non-hydrogen) atoms. The van der Waals surface area contributed by atoms with Crippen molar-refractivity contribution in [2.45, 2.75) is 19.8 Å². The number of nitrogens with zero attached hydrogens (tertiary/aromatic N) is 2. The molecular formula is C19H19ClN2O3. The average Bonchev–Trinajstić information content (AvgIpc) is 2.60. The van der Waals surface area contributed by atoms with Gasteiger partial charge in [0.25, 0.3) is 0 Å². The first-order valence-corrected chi connectivity index (χ1v) is 8.45. The van der Waals surface area contributed by atoms with Crippen LogP contribution >= 0.6 is 11.6 Å². The maximum atomic E-state index is 12.7. The van der Waals surface area contributed by atoms with Gasteiger partial charge < -0.3 is 9.47 Å². The monoisotopic (exact) mass is 358 g/mol. The lowest BCUT2D eigenvalue weighted by Gasteiger charge is -2.32. The van der Waals surface area contributed by atoms with E-state index < -0.39 is 5.92 Å². The molecule has 5 nitrogen and oxygen atoms in total. The molecule has 130 valence electrons. The Morgan fingerprint density at radius 3 is 2.72 bits per heavy atom. The van der Waals surface area contributed by atoms with Crippen LogP contribution in [0.3, 0.4) is 0 Å². The molecule has 3 rings (SSSR count). The van der Waals surface area contributed by atoms with E-state index in [4.69, 9.17) is 21.1 Å². The molecule has 0 saturated carbocycles. The van der Waals surface area contributed by atoms with Gasteiger partial charge in [-0.15, -0.1) is 0 Å². The second-order valence-electron chi connectivity index (χ2n) is 5.74. The lowest BCUT2D eigenvalue weighted by molar-refractivity contribution is -0.146. The second-order valence-corrected chi connectivity index (χ2v) is 6.14. The van der Waals surface area contributed by atoms with Crippen molar-refractivity contribution in [1.82, 2.24) is 4.98 Å². The summed E-state index contributed by atoms with van der Waals surface area (Å²) in [7, 11) is 1.55. The van der Waals surface area contributed by atoms with E-state index in [0.29, 0.717) is 23.2 Å². The van der Waals surface area contributed by atoms with Crippen LogP contribution in [0.15, 0.2) is 41.5 Å². The molecule has 1 aliphatic heterocycles. The zero-order valence-corrected chi connectivity index (χ0v) is 15.1. The van der Waals surface area contributed by atoms with Crippen LogP contribution in [-0.4, -0.2) is 30.4 Å². The van der Waals surface area contributed by atoms with Crippen LogP contribution in [0.2, 0.25) is 5.02 Å². The van der Waals surface area contributed by atoms with E-state index in [1.807, 2.05) is 37.3 Å². The van der Waals surface area contributed by atoms with Crippen LogP contribution in [0.5, 0.6) is 5.88 Å². The third kappa shape index (κ3) is 3.12. The van der Waals surface area contributed by atoms with Gasteiger partial charge in [0.1, 0.15) is 5.92 Å². The summed E-state index contributed by atoms with van der Waals surface area (Å²) in [4.78, 5) is 21.6. The number of carbonyl (C=O) groups excluding carboxylic acids is 1. The smallest absolute Gasteiger partial charge is 0.315 e. The Bertz CT molecular complexity index is 835. The highest BCUT2D eigenvalue weighted by Crippen LogP contribution is 2.47. The minimum Gasteiger partial charge on any atom is -0.481 e. The SMILES string of the molecule is CCOC(=O)C1C(C)=Nc2ccnc(OC)c2C1c1ccccc1Cl. The first-order valence-electron chi connectivity index (χ1n) is 8.07. The largest absolute Gasteiger partial charge is 0.481 e. The van der Waals surface area contributed by atoms with E-state index in [0.717, 1.165) is 16.8 Å². The number of ether oxygens (including phenoxy) is 2. The maximum absolute atomic E-state index is 12.7. The molecule has 0 fully saturated rings. The molecule has 0 aliphatic carbocycles. The fourth-order valence-electron chi connectivity index (χ4n) is 3.27. The van der Waals surface area contributed by atoms with Gasteiger partial charge in [0.05, 0.1) is 19.4 Å². The van der Waals surface area contributed by atoms with Gasteiger partial charge in [-0.1, -0.05) is 29.8 Å². The van der Waals surface area contributed by atoms with Crippen LogP contribution in [0.1, 0.15) is 30.9 Å². The summed E-state index contributed by atoms with van der Waals surface area (Å²) in [5.74, 6) is -0.840. The van der Waals surface area contributed by atoms with Gasteiger partial charge in [-0.25, -0.2) is 4.98 Å². The minimum absolute atomic E-state index is 0.300. The zero-order chi connectivity index (χ0) is 18.0. The number of fused-ring (bicyclic) bond motifs is 1. The first kappa shape index (κ1) is 17.4. The first-order chi connectivity index (χ1) is 12.1. The van der Waals surface area contributed by atoms with Crippen molar-refractivity contribution >= 4 is 29.0 Å². The van der Waals surface area contributed by atoms with Crippen LogP contribution in [0.4, 0.5) is 5.69 Å². The molecule has 1 aromatic carbocycles. The number of methoxy groups -OCH3 is 1. The number of hydrogen-bond donors (Lipinski definition) is 0. The highest BCUT2D eigenvalue weighted by Gasteiger charge is 2.41. The highest BCUT2D eigenvalue weighted by atomic mass is 35.5. The molecule has 0 bridgehead atoms. The summed E-state index contributed by atoms with van der Waals surface area (Å²) >= 11 is 6.46. The molecular weight excluding hydrogens is 340 g/mol. The molecule has 2 atom stereocenters. The predicted octanol–water partition coefficient (Wildman–Crippen LogP) is 4.16. The standard InChI is InChI=1S/C19H19ClN2O3/c1-4-25-19(23)15-11(2)22-14-9-10-21-18(24-3)17(14)16(15)12-7-5-6-8-13(12)20/h5-10,15-16H,4H2,1-3H3.